The van der Waals surface area contributed by atoms with E-state index in [-0.39, 0.29) is 0 Å². The highest BCUT2D eigenvalue weighted by atomic mass is 14.5. The molecule has 0 radical (unpaired) electrons. The van der Waals surface area contributed by atoms with E-state index >= 15 is 0 Å². The minimum Gasteiger partial charge on any atom is -0.358 e. The molecule has 0 fully saturated rings. The molecule has 0 aliphatic heterocycles. The minimum atomic E-state index is -1.13. The third-order valence-electron chi connectivity index (χ3n) is 1.51. The van der Waals surface area contributed by atoms with Gasteiger partial charge in [-0.3, -0.25) is 0 Å². The van der Waals surface area contributed by atoms with Crippen molar-refractivity contribution in [2.24, 2.45) is 0 Å². The van der Waals surface area contributed by atoms with Crippen LogP contribution in [0.25, 0.3) is 0 Å². The second kappa shape index (κ2) is 7.96. The molecule has 0 saturated carbocycles. The highest BCUT2D eigenvalue weighted by molar-refractivity contribution is 4.41. The van der Waals surface area contributed by atoms with Crippen molar-refractivity contribution in [1.29, 1.82) is 0 Å². The smallest absolute Gasteiger partial charge is 0.344 e. The molecule has 0 aromatic carbocycles. The lowest BCUT2D eigenvalue weighted by atomic mass is 10.1. The molecule has 0 aliphatic rings. The van der Waals surface area contributed by atoms with Gasteiger partial charge in [0.15, 0.2) is 0 Å². The van der Waals surface area contributed by atoms with E-state index in [1.54, 1.807) is 0 Å². The number of unbranched alkanes of at least 4 members (excludes halogenated alkanes) is 5. The summed E-state index contributed by atoms with van der Waals surface area (Å²) in [7, 11) is 0. The zero-order valence-electron chi connectivity index (χ0n) is 9.40. The Morgan fingerprint density at radius 2 is 1.78 bits per heavy atom. The van der Waals surface area contributed by atoms with Crippen LogP contribution in [0.3, 0.4) is 0 Å². The van der Waals surface area contributed by atoms with Gasteiger partial charge in [-0.2, -0.15) is 0 Å². The molecule has 0 aliphatic carbocycles. The first kappa shape index (κ1) is 4.73. The van der Waals surface area contributed by atoms with Gasteiger partial charge in [0.2, 0.25) is 0 Å². The molecule has 56 valence electrons. The monoisotopic (exact) mass is 133 g/mol. The minimum absolute atomic E-state index is 0.326. The van der Waals surface area contributed by atoms with Gasteiger partial charge in [0, 0.05) is 0 Å². The van der Waals surface area contributed by atoms with Crippen molar-refractivity contribution in [3.05, 3.63) is 0 Å². The fourth-order valence-electron chi connectivity index (χ4n) is 0.892. The van der Waals surface area contributed by atoms with E-state index in [2.05, 4.69) is 6.92 Å². The molecule has 0 unspecified atom stereocenters. The summed E-state index contributed by atoms with van der Waals surface area (Å²) in [4.78, 5) is 0. The maximum atomic E-state index is 6.92. The molecule has 9 heavy (non-hydrogen) atoms. The summed E-state index contributed by atoms with van der Waals surface area (Å²) in [5, 5.41) is 0. The van der Waals surface area contributed by atoms with Gasteiger partial charge < -0.3 is 5.71 Å². The molecule has 0 spiro atoms. The average molecular weight is 133 g/mol. The Morgan fingerprint density at radius 3 is 2.44 bits per heavy atom. The van der Waals surface area contributed by atoms with Crippen molar-refractivity contribution < 1.29 is 9.95 Å². The largest absolute Gasteiger partial charge is 0.358 e. The first-order valence-corrected chi connectivity index (χ1v) is 4.02. The molecule has 0 rings (SSSR count). The molecule has 1 heteroatoms. The molecule has 0 saturated heterocycles. The van der Waals surface area contributed by atoms with Crippen molar-refractivity contribution in [2.75, 3.05) is 6.54 Å². The summed E-state index contributed by atoms with van der Waals surface area (Å²) in [6.45, 7) is 2.51. The lowest BCUT2D eigenvalue weighted by Gasteiger charge is -1.95. The molecule has 0 atom stereocenters. The molecular weight excluding hydrogens is 110 g/mol. The zero-order valence-corrected chi connectivity index (χ0v) is 6.40. The summed E-state index contributed by atoms with van der Waals surface area (Å²) in [6.07, 6.45) is 6.87. The van der Waals surface area contributed by atoms with E-state index in [1.165, 1.54) is 25.7 Å². The predicted octanol–water partition coefficient (Wildman–Crippen LogP) is 1.59. The second-order valence-electron chi connectivity index (χ2n) is 2.49. The van der Waals surface area contributed by atoms with E-state index in [9.17, 15) is 0 Å². The van der Waals surface area contributed by atoms with Gasteiger partial charge in [-0.25, -0.2) is 0 Å². The first-order chi connectivity index (χ1) is 5.56. The normalized spacial score (nSPS) is 16.3. The third kappa shape index (κ3) is 7.96. The molecule has 0 bridgehead atoms. The molecule has 1 nitrogen and oxygen atoms in total. The highest BCUT2D eigenvalue weighted by Gasteiger charge is 1.87. The molecule has 0 aromatic heterocycles. The van der Waals surface area contributed by atoms with Crippen LogP contribution in [-0.4, -0.2) is 6.54 Å². The lowest BCUT2D eigenvalue weighted by Crippen LogP contribution is -2.50. The summed E-state index contributed by atoms with van der Waals surface area (Å²) in [5.74, 6) is 0. The van der Waals surface area contributed by atoms with Gasteiger partial charge >= 0.3 is 4.24 Å². The van der Waals surface area contributed by atoms with Crippen LogP contribution in [-0.2, 0) is 0 Å². The fraction of sp³-hybridized carbons (Fsp3) is 1.00. The van der Waals surface area contributed by atoms with Crippen molar-refractivity contribution in [3.8, 4) is 0 Å². The van der Waals surface area contributed by atoms with Crippen LogP contribution in [0.1, 0.15) is 45.4 Å². The Bertz CT molecular complexity index is 101. The van der Waals surface area contributed by atoms with Crippen LogP contribution in [0.4, 0.5) is 0 Å². The van der Waals surface area contributed by atoms with Crippen molar-refractivity contribution >= 4 is 0 Å². The quantitative estimate of drug-likeness (QED) is 0.511. The van der Waals surface area contributed by atoms with E-state index < -0.39 is 5.71 Å². The average Bonchev–Trinajstić information content (AvgIpc) is 1.94. The molecule has 3 N–H and O–H groups in total. The van der Waals surface area contributed by atoms with Gasteiger partial charge in [0.25, 0.3) is 0 Å². The van der Waals surface area contributed by atoms with Crippen molar-refractivity contribution in [2.45, 2.75) is 45.4 Å². The number of hydrogen-bond donors (Lipinski definition) is 1. The van der Waals surface area contributed by atoms with E-state index in [4.69, 9.17) is 4.24 Å². The maximum Gasteiger partial charge on any atom is 0.344 e. The van der Waals surface area contributed by atoms with Crippen molar-refractivity contribution in [1.82, 2.24) is 0 Å². The SMILES string of the molecule is [2H][N+]([2H])([2H])CCCCCCCC. The summed E-state index contributed by atoms with van der Waals surface area (Å²) < 4.78 is 20.8. The van der Waals surface area contributed by atoms with Crippen molar-refractivity contribution in [3.63, 3.8) is 0 Å². The summed E-state index contributed by atoms with van der Waals surface area (Å²) in [5.41, 5.74) is -1.13. The lowest BCUT2D eigenvalue weighted by molar-refractivity contribution is -0.368. The van der Waals surface area contributed by atoms with Crippen LogP contribution < -0.4 is 5.71 Å². The Morgan fingerprint density at radius 1 is 1.11 bits per heavy atom. The zero-order chi connectivity index (χ0) is 9.45. The Balaban J connectivity index is 3.01. The van der Waals surface area contributed by atoms with Gasteiger partial charge in [0.05, 0.1) is 6.54 Å². The van der Waals surface area contributed by atoms with E-state index in [0.717, 1.165) is 12.8 Å². The topological polar surface area (TPSA) is 27.6 Å². The van der Waals surface area contributed by atoms with E-state index in [1.807, 2.05) is 0 Å². The number of hydrogen-bond acceptors (Lipinski definition) is 0. The van der Waals surface area contributed by atoms with Crippen LogP contribution in [0, 0.1) is 0 Å². The van der Waals surface area contributed by atoms with Gasteiger partial charge in [-0.1, -0.05) is 32.6 Å². The number of quaternary nitrogens is 1. The Kier molecular flexibility index (Phi) is 4.18. The van der Waals surface area contributed by atoms with E-state index in [0.29, 0.717) is 6.54 Å². The van der Waals surface area contributed by atoms with Gasteiger partial charge in [0.1, 0.15) is 0 Å². The van der Waals surface area contributed by atoms with Crippen LogP contribution in [0.2, 0.25) is 4.24 Å². The Hall–Kier alpha value is -0.0400. The maximum absolute atomic E-state index is 6.92. The second-order valence-corrected chi connectivity index (χ2v) is 2.49. The Labute approximate surface area is 63.0 Å². The van der Waals surface area contributed by atoms with Gasteiger partial charge in [-0.15, -0.1) is 0 Å². The summed E-state index contributed by atoms with van der Waals surface area (Å²) in [6, 6.07) is 0. The highest BCUT2D eigenvalue weighted by Crippen LogP contribution is 2.03. The fourth-order valence-corrected chi connectivity index (χ4v) is 0.892. The molecule has 0 amide bonds. The molecule has 0 heterocycles. The molecular formula is C8H20N+. The summed E-state index contributed by atoms with van der Waals surface area (Å²) >= 11 is 0. The standard InChI is InChI=1S/C8H19N/c1-2-3-4-5-6-7-8-9/h2-9H2,1H3/p+1/i/hD3. The van der Waals surface area contributed by atoms with Crippen LogP contribution in [0.5, 0.6) is 0 Å². The predicted molar refractivity (Wildman–Crippen MR) is 41.1 cm³/mol. The first-order valence-electron chi connectivity index (χ1n) is 5.36. The molecule has 0 aromatic rings. The number of rotatable bonds is 7. The van der Waals surface area contributed by atoms with Crippen LogP contribution >= 0.6 is 0 Å². The van der Waals surface area contributed by atoms with Gasteiger partial charge in [-0.05, 0) is 12.8 Å². The van der Waals surface area contributed by atoms with Crippen LogP contribution in [0.15, 0.2) is 0 Å². The third-order valence-corrected chi connectivity index (χ3v) is 1.51.